The van der Waals surface area contributed by atoms with E-state index in [0.717, 1.165) is 21.6 Å². The number of carbonyl (C=O) groups excluding carboxylic acids is 1. The summed E-state index contributed by atoms with van der Waals surface area (Å²) in [5.74, 6) is 0.403. The lowest BCUT2D eigenvalue weighted by Gasteiger charge is -2.21. The van der Waals surface area contributed by atoms with E-state index in [1.54, 1.807) is 12.0 Å². The lowest BCUT2D eigenvalue weighted by atomic mass is 10.3. The van der Waals surface area contributed by atoms with E-state index in [9.17, 15) is 14.9 Å². The van der Waals surface area contributed by atoms with Gasteiger partial charge in [0.1, 0.15) is 5.75 Å². The molecule has 3 aromatic rings. The minimum Gasteiger partial charge on any atom is -0.497 e. The van der Waals surface area contributed by atoms with E-state index >= 15 is 0 Å². The number of nitro groups is 1. The normalized spacial score (nSPS) is 11.1. The van der Waals surface area contributed by atoms with Crippen LogP contribution in [0.15, 0.2) is 30.3 Å². The van der Waals surface area contributed by atoms with Crippen molar-refractivity contribution in [2.24, 2.45) is 0 Å². The topological polar surface area (TPSA) is 88.8 Å². The lowest BCUT2D eigenvalue weighted by molar-refractivity contribution is -0.380. The van der Waals surface area contributed by atoms with E-state index in [4.69, 9.17) is 4.74 Å². The number of nitrogens with zero attached hydrogens (tertiary/aromatic N) is 4. The van der Waals surface area contributed by atoms with Crippen LogP contribution in [0.5, 0.6) is 5.75 Å². The first-order chi connectivity index (χ1) is 12.9. The molecular weight excluding hydrogens is 388 g/mol. The van der Waals surface area contributed by atoms with Gasteiger partial charge in [0.05, 0.1) is 27.1 Å². The van der Waals surface area contributed by atoms with Crippen molar-refractivity contribution < 1.29 is 14.5 Å². The van der Waals surface area contributed by atoms with Gasteiger partial charge in [-0.05, 0) is 32.3 Å². The zero-order valence-corrected chi connectivity index (χ0v) is 16.7. The van der Waals surface area contributed by atoms with E-state index in [-0.39, 0.29) is 10.9 Å². The van der Waals surface area contributed by atoms with Crippen LogP contribution in [0.2, 0.25) is 0 Å². The van der Waals surface area contributed by atoms with Crippen molar-refractivity contribution in [2.45, 2.75) is 0 Å². The van der Waals surface area contributed by atoms with Crippen molar-refractivity contribution in [1.29, 1.82) is 0 Å². The standard InChI is InChI=1S/C17H18N4O4S2/c1-19(2)8-9-20(16(22)14-6-7-15(26-14)21(23)24)17-18-12-10-11(25-3)4-5-13(12)27-17/h4-7,10H,8-9H2,1-3H3. The zero-order valence-electron chi connectivity index (χ0n) is 15.0. The summed E-state index contributed by atoms with van der Waals surface area (Å²) in [5, 5.41) is 11.4. The quantitative estimate of drug-likeness (QED) is 0.441. The molecule has 0 bridgehead atoms. The van der Waals surface area contributed by atoms with E-state index < -0.39 is 4.92 Å². The van der Waals surface area contributed by atoms with Crippen molar-refractivity contribution >= 4 is 48.9 Å². The number of likely N-dealkylation sites (N-methyl/N-ethyl adjacent to an activating group) is 1. The molecule has 0 saturated heterocycles. The molecule has 0 radical (unpaired) electrons. The number of rotatable bonds is 7. The number of hydrogen-bond donors (Lipinski definition) is 0. The van der Waals surface area contributed by atoms with Crippen molar-refractivity contribution in [3.63, 3.8) is 0 Å². The number of thiazole rings is 1. The third-order valence-electron chi connectivity index (χ3n) is 3.81. The van der Waals surface area contributed by atoms with E-state index in [2.05, 4.69) is 4.98 Å². The van der Waals surface area contributed by atoms with E-state index in [1.165, 1.54) is 23.5 Å². The van der Waals surface area contributed by atoms with Crippen LogP contribution in [-0.2, 0) is 0 Å². The maximum absolute atomic E-state index is 13.0. The molecule has 2 heterocycles. The van der Waals surface area contributed by atoms with Crippen LogP contribution < -0.4 is 9.64 Å². The molecule has 27 heavy (non-hydrogen) atoms. The van der Waals surface area contributed by atoms with Crippen LogP contribution in [0.4, 0.5) is 10.1 Å². The average Bonchev–Trinajstić information content (AvgIpc) is 3.27. The van der Waals surface area contributed by atoms with Gasteiger partial charge >= 0.3 is 5.00 Å². The summed E-state index contributed by atoms with van der Waals surface area (Å²) < 4.78 is 6.16. The molecule has 10 heteroatoms. The molecule has 0 unspecified atom stereocenters. The number of amides is 1. The number of aromatic nitrogens is 1. The predicted molar refractivity (Wildman–Crippen MR) is 107 cm³/mol. The smallest absolute Gasteiger partial charge is 0.324 e. The number of thiophene rings is 1. The molecule has 1 amide bonds. The van der Waals surface area contributed by atoms with Gasteiger partial charge in [-0.15, -0.1) is 0 Å². The minimum atomic E-state index is -0.491. The predicted octanol–water partition coefficient (Wildman–Crippen LogP) is 3.48. The summed E-state index contributed by atoms with van der Waals surface area (Å²) in [6, 6.07) is 8.41. The first-order valence-corrected chi connectivity index (χ1v) is 9.67. The van der Waals surface area contributed by atoms with Gasteiger partial charge in [0.2, 0.25) is 0 Å². The summed E-state index contributed by atoms with van der Waals surface area (Å²) in [4.78, 5) is 31.9. The number of fused-ring (bicyclic) bond motifs is 1. The summed E-state index contributed by atoms with van der Waals surface area (Å²) in [5.41, 5.74) is 0.745. The summed E-state index contributed by atoms with van der Waals surface area (Å²) in [6.45, 7) is 1.06. The summed E-state index contributed by atoms with van der Waals surface area (Å²) in [7, 11) is 5.43. The third-order valence-corrected chi connectivity index (χ3v) is 5.90. The second-order valence-corrected chi connectivity index (χ2v) is 8.06. The van der Waals surface area contributed by atoms with Gasteiger partial charge in [-0.25, -0.2) is 4.98 Å². The van der Waals surface area contributed by atoms with Crippen LogP contribution in [0.1, 0.15) is 9.67 Å². The highest BCUT2D eigenvalue weighted by atomic mass is 32.1. The molecule has 0 fully saturated rings. The average molecular weight is 406 g/mol. The second-order valence-electron chi connectivity index (χ2n) is 5.99. The van der Waals surface area contributed by atoms with Crippen molar-refractivity contribution in [2.75, 3.05) is 39.2 Å². The molecule has 1 aromatic carbocycles. The number of benzene rings is 1. The first kappa shape index (κ1) is 19.2. The Kier molecular flexibility index (Phi) is 5.68. The van der Waals surface area contributed by atoms with Gasteiger partial charge in [-0.3, -0.25) is 19.8 Å². The van der Waals surface area contributed by atoms with Crippen LogP contribution in [-0.4, -0.2) is 55.0 Å². The highest BCUT2D eigenvalue weighted by molar-refractivity contribution is 7.22. The molecule has 0 saturated carbocycles. The monoisotopic (exact) mass is 406 g/mol. The third kappa shape index (κ3) is 4.24. The minimum absolute atomic E-state index is 0.0556. The van der Waals surface area contributed by atoms with Gasteiger partial charge in [0.25, 0.3) is 5.91 Å². The Labute approximate surface area is 163 Å². The molecule has 0 aliphatic rings. The SMILES string of the molecule is COc1ccc2sc(N(CCN(C)C)C(=O)c3ccc([N+](=O)[O-])s3)nc2c1. The zero-order chi connectivity index (χ0) is 19.6. The van der Waals surface area contributed by atoms with Crippen molar-refractivity contribution in [3.05, 3.63) is 45.3 Å². The molecule has 3 rings (SSSR count). The Hall–Kier alpha value is -2.56. The van der Waals surface area contributed by atoms with Gasteiger partial charge in [0.15, 0.2) is 5.13 Å². The van der Waals surface area contributed by atoms with Crippen LogP contribution in [0.3, 0.4) is 0 Å². The highest BCUT2D eigenvalue weighted by Crippen LogP contribution is 2.33. The van der Waals surface area contributed by atoms with Gasteiger partial charge in [-0.2, -0.15) is 0 Å². The Bertz CT molecular complexity index is 982. The Morgan fingerprint density at radius 2 is 2.00 bits per heavy atom. The molecule has 0 N–H and O–H groups in total. The molecular formula is C17H18N4O4S2. The Balaban J connectivity index is 1.96. The van der Waals surface area contributed by atoms with Crippen molar-refractivity contribution in [1.82, 2.24) is 9.88 Å². The molecule has 0 spiro atoms. The number of carbonyl (C=O) groups is 1. The summed E-state index contributed by atoms with van der Waals surface area (Å²) in [6.07, 6.45) is 0. The van der Waals surface area contributed by atoms with Gasteiger partial charge in [0, 0.05) is 25.2 Å². The number of ether oxygens (including phenoxy) is 1. The van der Waals surface area contributed by atoms with Crippen LogP contribution >= 0.6 is 22.7 Å². The first-order valence-electron chi connectivity index (χ1n) is 8.04. The second kappa shape index (κ2) is 7.99. The molecule has 142 valence electrons. The van der Waals surface area contributed by atoms with Crippen molar-refractivity contribution in [3.8, 4) is 5.75 Å². The fraction of sp³-hybridized carbons (Fsp3) is 0.294. The molecule has 2 aromatic heterocycles. The molecule has 0 aliphatic heterocycles. The maximum Gasteiger partial charge on any atom is 0.324 e. The fourth-order valence-electron chi connectivity index (χ4n) is 2.40. The fourth-order valence-corrected chi connectivity index (χ4v) is 4.14. The van der Waals surface area contributed by atoms with Crippen LogP contribution in [0.25, 0.3) is 10.2 Å². The Morgan fingerprint density at radius 3 is 2.63 bits per heavy atom. The maximum atomic E-state index is 13.0. The Morgan fingerprint density at radius 1 is 1.22 bits per heavy atom. The van der Waals surface area contributed by atoms with E-state index in [1.807, 2.05) is 37.2 Å². The van der Waals surface area contributed by atoms with Gasteiger partial charge in [-0.1, -0.05) is 22.7 Å². The number of methoxy groups -OCH3 is 1. The van der Waals surface area contributed by atoms with Gasteiger partial charge < -0.3 is 9.64 Å². The largest absolute Gasteiger partial charge is 0.497 e. The lowest BCUT2D eigenvalue weighted by Crippen LogP contribution is -2.36. The molecule has 0 atom stereocenters. The number of anilines is 1. The molecule has 8 nitrogen and oxygen atoms in total. The summed E-state index contributed by atoms with van der Waals surface area (Å²) >= 11 is 2.28. The van der Waals surface area contributed by atoms with Crippen LogP contribution in [0, 0.1) is 10.1 Å². The molecule has 0 aliphatic carbocycles. The van der Waals surface area contributed by atoms with E-state index in [0.29, 0.717) is 28.8 Å². The highest BCUT2D eigenvalue weighted by Gasteiger charge is 2.24. The number of hydrogen-bond acceptors (Lipinski definition) is 8.